The molecule has 1 amide bonds. The fraction of sp³-hybridized carbons (Fsp3) is 0.111. The molecular weight excluding hydrogens is 320 g/mol. The minimum Gasteiger partial charge on any atom is -0.496 e. The van der Waals surface area contributed by atoms with E-state index < -0.39 is 0 Å². The summed E-state index contributed by atoms with van der Waals surface area (Å²) >= 11 is 0. The summed E-state index contributed by atoms with van der Waals surface area (Å²) in [6, 6.07) is 10.5. The van der Waals surface area contributed by atoms with Crippen molar-refractivity contribution in [3.8, 4) is 17.2 Å². The fourth-order valence-corrected chi connectivity index (χ4v) is 2.46. The summed E-state index contributed by atoms with van der Waals surface area (Å²) in [7, 11) is 2.99. The summed E-state index contributed by atoms with van der Waals surface area (Å²) in [5.74, 6) is 0.513. The van der Waals surface area contributed by atoms with Gasteiger partial charge in [0.1, 0.15) is 11.5 Å². The maximum atomic E-state index is 12.6. The summed E-state index contributed by atoms with van der Waals surface area (Å²) in [6.45, 7) is 0. The summed E-state index contributed by atoms with van der Waals surface area (Å²) in [4.78, 5) is 16.7. The number of rotatable bonds is 5. The van der Waals surface area contributed by atoms with E-state index in [2.05, 4.69) is 10.3 Å². The quantitative estimate of drug-likeness (QED) is 0.698. The molecule has 3 aromatic rings. The van der Waals surface area contributed by atoms with Gasteiger partial charge in [-0.2, -0.15) is 0 Å². The Morgan fingerprint density at radius 1 is 1.16 bits per heavy atom. The Labute approximate surface area is 145 Å². The smallest absolute Gasteiger partial charge is 0.259 e. The fourth-order valence-electron chi connectivity index (χ4n) is 2.46. The monoisotopic (exact) mass is 338 g/mol. The molecule has 0 radical (unpaired) electrons. The molecule has 0 aliphatic rings. The van der Waals surface area contributed by atoms with Crippen LogP contribution in [0.4, 0.5) is 11.4 Å². The van der Waals surface area contributed by atoms with Crippen LogP contribution in [0.1, 0.15) is 10.4 Å². The SMILES string of the molecule is COc1cc(OC)c(C(=O)Nc2cccc(-n3ccnc3)c2)cc1N. The second kappa shape index (κ2) is 6.96. The molecule has 2 aromatic carbocycles. The van der Waals surface area contributed by atoms with E-state index in [1.165, 1.54) is 20.3 Å². The highest BCUT2D eigenvalue weighted by Crippen LogP contribution is 2.31. The highest BCUT2D eigenvalue weighted by Gasteiger charge is 2.16. The van der Waals surface area contributed by atoms with E-state index in [1.54, 1.807) is 24.7 Å². The lowest BCUT2D eigenvalue weighted by atomic mass is 10.1. The number of nitrogens with two attached hydrogens (primary N) is 1. The van der Waals surface area contributed by atoms with Gasteiger partial charge in [0.2, 0.25) is 0 Å². The first kappa shape index (κ1) is 16.4. The number of nitrogens with one attached hydrogen (secondary N) is 1. The second-order valence-corrected chi connectivity index (χ2v) is 5.27. The number of amides is 1. The van der Waals surface area contributed by atoms with Crippen molar-refractivity contribution in [1.29, 1.82) is 0 Å². The molecule has 0 bridgehead atoms. The molecule has 0 fully saturated rings. The molecule has 7 heteroatoms. The van der Waals surface area contributed by atoms with Gasteiger partial charge in [0.15, 0.2) is 0 Å². The number of ether oxygens (including phenoxy) is 2. The van der Waals surface area contributed by atoms with Crippen molar-refractivity contribution < 1.29 is 14.3 Å². The first-order valence-corrected chi connectivity index (χ1v) is 7.53. The van der Waals surface area contributed by atoms with Crippen LogP contribution in [-0.4, -0.2) is 29.7 Å². The standard InChI is InChI=1S/C18H18N4O3/c1-24-16-10-17(25-2)15(19)9-14(16)18(23)21-12-4-3-5-13(8-12)22-7-6-20-11-22/h3-11H,19H2,1-2H3,(H,21,23). The maximum Gasteiger partial charge on any atom is 0.259 e. The minimum atomic E-state index is -0.325. The second-order valence-electron chi connectivity index (χ2n) is 5.27. The van der Waals surface area contributed by atoms with E-state index in [1.807, 2.05) is 29.0 Å². The molecule has 7 nitrogen and oxygen atoms in total. The zero-order valence-electron chi connectivity index (χ0n) is 13.9. The van der Waals surface area contributed by atoms with Crippen molar-refractivity contribution in [2.45, 2.75) is 0 Å². The predicted octanol–water partition coefficient (Wildman–Crippen LogP) is 2.72. The Bertz CT molecular complexity index is 891. The Morgan fingerprint density at radius 2 is 1.96 bits per heavy atom. The van der Waals surface area contributed by atoms with Crippen molar-refractivity contribution in [2.75, 3.05) is 25.3 Å². The topological polar surface area (TPSA) is 91.4 Å². The zero-order valence-corrected chi connectivity index (χ0v) is 13.9. The zero-order chi connectivity index (χ0) is 17.8. The molecular formula is C18H18N4O3. The first-order valence-electron chi connectivity index (χ1n) is 7.53. The molecule has 0 saturated heterocycles. The number of carbonyl (C=O) groups is 1. The summed E-state index contributed by atoms with van der Waals surface area (Å²) in [6.07, 6.45) is 5.21. The average molecular weight is 338 g/mol. The Balaban J connectivity index is 1.88. The number of aromatic nitrogens is 2. The Morgan fingerprint density at radius 3 is 2.64 bits per heavy atom. The number of hydrogen-bond acceptors (Lipinski definition) is 5. The van der Waals surface area contributed by atoms with Gasteiger partial charge in [-0.15, -0.1) is 0 Å². The van der Waals surface area contributed by atoms with Crippen molar-refractivity contribution in [3.63, 3.8) is 0 Å². The number of nitrogen functional groups attached to an aromatic ring is 1. The number of hydrogen-bond donors (Lipinski definition) is 2. The van der Waals surface area contributed by atoms with E-state index in [-0.39, 0.29) is 5.91 Å². The molecule has 0 aliphatic heterocycles. The van der Waals surface area contributed by atoms with E-state index in [0.717, 1.165) is 5.69 Å². The average Bonchev–Trinajstić information content (AvgIpc) is 3.16. The minimum absolute atomic E-state index is 0.325. The number of carbonyl (C=O) groups excluding carboxylic acids is 1. The van der Waals surface area contributed by atoms with Gasteiger partial charge in [-0.3, -0.25) is 4.79 Å². The van der Waals surface area contributed by atoms with Crippen LogP contribution in [-0.2, 0) is 0 Å². The summed E-state index contributed by atoms with van der Waals surface area (Å²) in [5, 5.41) is 2.85. The van der Waals surface area contributed by atoms with Gasteiger partial charge >= 0.3 is 0 Å². The summed E-state index contributed by atoms with van der Waals surface area (Å²) < 4.78 is 12.3. The van der Waals surface area contributed by atoms with Gasteiger partial charge < -0.3 is 25.1 Å². The molecule has 1 aromatic heterocycles. The van der Waals surface area contributed by atoms with Crippen LogP contribution >= 0.6 is 0 Å². The predicted molar refractivity (Wildman–Crippen MR) is 95.5 cm³/mol. The van der Waals surface area contributed by atoms with E-state index in [0.29, 0.717) is 28.4 Å². The Kier molecular flexibility index (Phi) is 4.56. The molecule has 0 saturated carbocycles. The third-order valence-electron chi connectivity index (χ3n) is 3.70. The van der Waals surface area contributed by atoms with Gasteiger partial charge in [0.05, 0.1) is 31.8 Å². The van der Waals surface area contributed by atoms with Gasteiger partial charge in [-0.1, -0.05) is 6.07 Å². The van der Waals surface area contributed by atoms with Crippen LogP contribution < -0.4 is 20.5 Å². The molecule has 25 heavy (non-hydrogen) atoms. The largest absolute Gasteiger partial charge is 0.496 e. The van der Waals surface area contributed by atoms with Crippen LogP contribution in [0.3, 0.4) is 0 Å². The molecule has 3 rings (SSSR count). The van der Waals surface area contributed by atoms with E-state index >= 15 is 0 Å². The molecule has 1 heterocycles. The third-order valence-corrected chi connectivity index (χ3v) is 3.70. The number of nitrogens with zero attached hydrogens (tertiary/aromatic N) is 2. The van der Waals surface area contributed by atoms with Crippen molar-refractivity contribution in [1.82, 2.24) is 9.55 Å². The van der Waals surface area contributed by atoms with Crippen molar-refractivity contribution in [2.24, 2.45) is 0 Å². The highest BCUT2D eigenvalue weighted by molar-refractivity contribution is 6.07. The molecule has 0 aliphatic carbocycles. The number of imidazole rings is 1. The molecule has 0 atom stereocenters. The number of benzene rings is 2. The van der Waals surface area contributed by atoms with E-state index in [4.69, 9.17) is 15.2 Å². The number of methoxy groups -OCH3 is 2. The molecule has 3 N–H and O–H groups in total. The van der Waals surface area contributed by atoms with Crippen LogP contribution in [0.15, 0.2) is 55.1 Å². The third kappa shape index (κ3) is 3.40. The van der Waals surface area contributed by atoms with Gasteiger partial charge in [-0.25, -0.2) is 4.98 Å². The van der Waals surface area contributed by atoms with Gasteiger partial charge in [0, 0.05) is 29.8 Å². The molecule has 0 spiro atoms. The van der Waals surface area contributed by atoms with Crippen molar-refractivity contribution in [3.05, 3.63) is 60.7 Å². The van der Waals surface area contributed by atoms with Gasteiger partial charge in [-0.05, 0) is 24.3 Å². The van der Waals surface area contributed by atoms with Crippen LogP contribution in [0.5, 0.6) is 11.5 Å². The summed E-state index contributed by atoms with van der Waals surface area (Å²) in [5.41, 5.74) is 8.13. The number of anilines is 2. The highest BCUT2D eigenvalue weighted by atomic mass is 16.5. The van der Waals surface area contributed by atoms with E-state index in [9.17, 15) is 4.79 Å². The van der Waals surface area contributed by atoms with Gasteiger partial charge in [0.25, 0.3) is 5.91 Å². The van der Waals surface area contributed by atoms with Crippen LogP contribution in [0.2, 0.25) is 0 Å². The van der Waals surface area contributed by atoms with Crippen LogP contribution in [0.25, 0.3) is 5.69 Å². The first-order chi connectivity index (χ1) is 12.1. The lowest BCUT2D eigenvalue weighted by molar-refractivity contribution is 0.102. The van der Waals surface area contributed by atoms with Crippen molar-refractivity contribution >= 4 is 17.3 Å². The molecule has 0 unspecified atom stereocenters. The lowest BCUT2D eigenvalue weighted by Crippen LogP contribution is -2.14. The maximum absolute atomic E-state index is 12.6. The van der Waals surface area contributed by atoms with Crippen LogP contribution in [0, 0.1) is 0 Å². The lowest BCUT2D eigenvalue weighted by Gasteiger charge is -2.13. The Hall–Kier alpha value is -3.48. The normalized spacial score (nSPS) is 10.3. The molecule has 128 valence electrons.